The highest BCUT2D eigenvalue weighted by Crippen LogP contribution is 2.28. The van der Waals surface area contributed by atoms with E-state index in [4.69, 9.17) is 0 Å². The highest BCUT2D eigenvalue weighted by molar-refractivity contribution is 7.79. The van der Waals surface area contributed by atoms with Gasteiger partial charge in [0.05, 0.1) is 5.56 Å². The molecule has 0 atom stereocenters. The van der Waals surface area contributed by atoms with Crippen LogP contribution in [0.25, 0.3) is 0 Å². The second-order valence-electron chi connectivity index (χ2n) is 3.56. The van der Waals surface area contributed by atoms with Gasteiger partial charge in [-0.05, 0) is 30.5 Å². The molecule has 1 aromatic rings. The summed E-state index contributed by atoms with van der Waals surface area (Å²) in [5, 5.41) is 9.95. The van der Waals surface area contributed by atoms with Crippen molar-refractivity contribution in [2.24, 2.45) is 0 Å². The molecule has 0 heterocycles. The van der Waals surface area contributed by atoms with Crippen molar-refractivity contribution in [1.82, 2.24) is 0 Å². The molecule has 0 amide bonds. The molecule has 3 heteroatoms. The second kappa shape index (κ2) is 5.21. The van der Waals surface area contributed by atoms with E-state index in [2.05, 4.69) is 12.6 Å². The van der Waals surface area contributed by atoms with Crippen molar-refractivity contribution in [1.29, 1.82) is 0 Å². The fourth-order valence-corrected chi connectivity index (χ4v) is 1.94. The van der Waals surface area contributed by atoms with Gasteiger partial charge in [-0.25, -0.2) is 0 Å². The highest BCUT2D eigenvalue weighted by atomic mass is 32.1. The zero-order valence-corrected chi connectivity index (χ0v) is 9.97. The maximum atomic E-state index is 11.2. The van der Waals surface area contributed by atoms with Gasteiger partial charge in [-0.2, -0.15) is 12.6 Å². The number of hydrogen-bond donors (Lipinski definition) is 2. The van der Waals surface area contributed by atoms with Crippen LogP contribution in [0.15, 0.2) is 12.1 Å². The number of Topliss-reactive ketones (excluding diaryl/α,β-unsaturated/α-hetero) is 1. The van der Waals surface area contributed by atoms with Crippen LogP contribution in [0.3, 0.4) is 0 Å². The molecule has 1 aromatic carbocycles. The van der Waals surface area contributed by atoms with Crippen molar-refractivity contribution >= 4 is 18.4 Å². The summed E-state index contributed by atoms with van der Waals surface area (Å²) < 4.78 is 0. The van der Waals surface area contributed by atoms with E-state index in [0.717, 1.165) is 24.0 Å². The Morgan fingerprint density at radius 3 is 2.60 bits per heavy atom. The van der Waals surface area contributed by atoms with Crippen LogP contribution in [0.2, 0.25) is 0 Å². The molecule has 0 unspecified atom stereocenters. The standard InChI is InChI=1S/C12H16O2S/c1-3-4-11-9(7-15)5-6-10(8(2)13)12(11)14/h5-6,14-15H,3-4,7H2,1-2H3. The molecule has 0 radical (unpaired) electrons. The summed E-state index contributed by atoms with van der Waals surface area (Å²) in [6.45, 7) is 3.51. The summed E-state index contributed by atoms with van der Waals surface area (Å²) in [6.07, 6.45) is 1.72. The van der Waals surface area contributed by atoms with Gasteiger partial charge in [0.2, 0.25) is 0 Å². The molecule has 82 valence electrons. The number of phenolic OH excluding ortho intramolecular Hbond substituents is 1. The van der Waals surface area contributed by atoms with E-state index in [1.54, 1.807) is 6.07 Å². The van der Waals surface area contributed by atoms with Crippen molar-refractivity contribution in [3.05, 3.63) is 28.8 Å². The minimum atomic E-state index is -0.101. The smallest absolute Gasteiger partial charge is 0.163 e. The van der Waals surface area contributed by atoms with Crippen molar-refractivity contribution < 1.29 is 9.90 Å². The predicted octanol–water partition coefficient (Wildman–Crippen LogP) is 2.98. The Morgan fingerprint density at radius 1 is 1.47 bits per heavy atom. The summed E-state index contributed by atoms with van der Waals surface area (Å²) in [4.78, 5) is 11.2. The molecular weight excluding hydrogens is 208 g/mol. The molecule has 0 fully saturated rings. The van der Waals surface area contributed by atoms with E-state index in [1.807, 2.05) is 13.0 Å². The SMILES string of the molecule is CCCc1c(CS)ccc(C(C)=O)c1O. The molecule has 1 rings (SSSR count). The van der Waals surface area contributed by atoms with Crippen LogP contribution in [0.4, 0.5) is 0 Å². The van der Waals surface area contributed by atoms with Crippen LogP contribution >= 0.6 is 12.6 Å². The first-order valence-electron chi connectivity index (χ1n) is 5.07. The number of rotatable bonds is 4. The van der Waals surface area contributed by atoms with Crippen LogP contribution in [-0.2, 0) is 12.2 Å². The zero-order valence-electron chi connectivity index (χ0n) is 9.08. The molecule has 0 aliphatic carbocycles. The average molecular weight is 224 g/mol. The van der Waals surface area contributed by atoms with Gasteiger partial charge in [-0.15, -0.1) is 0 Å². The summed E-state index contributed by atoms with van der Waals surface area (Å²) in [7, 11) is 0. The number of ketones is 1. The molecule has 0 aliphatic heterocycles. The summed E-state index contributed by atoms with van der Waals surface area (Å²) >= 11 is 4.21. The highest BCUT2D eigenvalue weighted by Gasteiger charge is 2.13. The Balaban J connectivity index is 3.28. The summed E-state index contributed by atoms with van der Waals surface area (Å²) in [5.41, 5.74) is 2.27. The van der Waals surface area contributed by atoms with E-state index in [1.165, 1.54) is 6.92 Å². The quantitative estimate of drug-likeness (QED) is 0.609. The van der Waals surface area contributed by atoms with Crippen LogP contribution in [0.1, 0.15) is 41.8 Å². The molecule has 0 aliphatic rings. The number of phenols is 1. The van der Waals surface area contributed by atoms with E-state index in [-0.39, 0.29) is 11.5 Å². The van der Waals surface area contributed by atoms with Gasteiger partial charge in [0, 0.05) is 5.75 Å². The lowest BCUT2D eigenvalue weighted by molar-refractivity contribution is 0.101. The summed E-state index contributed by atoms with van der Waals surface area (Å²) in [6, 6.07) is 3.54. The van der Waals surface area contributed by atoms with Gasteiger partial charge in [0.1, 0.15) is 5.75 Å². The Bertz CT molecular complexity index is 372. The molecule has 15 heavy (non-hydrogen) atoms. The van der Waals surface area contributed by atoms with Crippen LogP contribution < -0.4 is 0 Å². The molecule has 1 N–H and O–H groups in total. The Morgan fingerprint density at radius 2 is 2.13 bits per heavy atom. The number of aromatic hydroxyl groups is 1. The predicted molar refractivity (Wildman–Crippen MR) is 64.8 cm³/mol. The van der Waals surface area contributed by atoms with Crippen LogP contribution in [0, 0.1) is 0 Å². The van der Waals surface area contributed by atoms with Gasteiger partial charge < -0.3 is 5.11 Å². The van der Waals surface area contributed by atoms with Crippen LogP contribution in [-0.4, -0.2) is 10.9 Å². The number of benzene rings is 1. The minimum Gasteiger partial charge on any atom is -0.507 e. The van der Waals surface area contributed by atoms with E-state index in [0.29, 0.717) is 11.3 Å². The van der Waals surface area contributed by atoms with Gasteiger partial charge in [-0.3, -0.25) is 4.79 Å². The van der Waals surface area contributed by atoms with Crippen molar-refractivity contribution in [2.75, 3.05) is 0 Å². The van der Waals surface area contributed by atoms with E-state index in [9.17, 15) is 9.90 Å². The first-order chi connectivity index (χ1) is 7.11. The fourth-order valence-electron chi connectivity index (χ4n) is 1.64. The monoisotopic (exact) mass is 224 g/mol. The molecule has 0 bridgehead atoms. The Labute approximate surface area is 95.7 Å². The lowest BCUT2D eigenvalue weighted by Gasteiger charge is -2.11. The molecule has 2 nitrogen and oxygen atoms in total. The fraction of sp³-hybridized carbons (Fsp3) is 0.417. The minimum absolute atomic E-state index is 0.101. The first-order valence-corrected chi connectivity index (χ1v) is 5.70. The van der Waals surface area contributed by atoms with E-state index < -0.39 is 0 Å². The molecule has 0 aromatic heterocycles. The number of hydrogen-bond acceptors (Lipinski definition) is 3. The zero-order chi connectivity index (χ0) is 11.4. The van der Waals surface area contributed by atoms with Crippen molar-refractivity contribution in [3.63, 3.8) is 0 Å². The van der Waals surface area contributed by atoms with Gasteiger partial charge in [-0.1, -0.05) is 19.4 Å². The van der Waals surface area contributed by atoms with Gasteiger partial charge in [0.25, 0.3) is 0 Å². The number of thiol groups is 1. The van der Waals surface area contributed by atoms with Gasteiger partial charge in [0.15, 0.2) is 5.78 Å². The molecule has 0 saturated carbocycles. The second-order valence-corrected chi connectivity index (χ2v) is 3.88. The summed E-state index contributed by atoms with van der Waals surface area (Å²) in [5.74, 6) is 0.618. The topological polar surface area (TPSA) is 37.3 Å². The van der Waals surface area contributed by atoms with Gasteiger partial charge >= 0.3 is 0 Å². The third-order valence-corrected chi connectivity index (χ3v) is 2.77. The maximum Gasteiger partial charge on any atom is 0.163 e. The largest absolute Gasteiger partial charge is 0.507 e. The Kier molecular flexibility index (Phi) is 4.21. The van der Waals surface area contributed by atoms with E-state index >= 15 is 0 Å². The number of carbonyl (C=O) groups excluding carboxylic acids is 1. The third kappa shape index (κ3) is 2.53. The molecule has 0 saturated heterocycles. The number of carbonyl (C=O) groups is 1. The Hall–Kier alpha value is -0.960. The first kappa shape index (κ1) is 12.1. The maximum absolute atomic E-state index is 11.2. The van der Waals surface area contributed by atoms with Crippen molar-refractivity contribution in [2.45, 2.75) is 32.4 Å². The normalized spacial score (nSPS) is 10.3. The van der Waals surface area contributed by atoms with Crippen molar-refractivity contribution in [3.8, 4) is 5.75 Å². The molecular formula is C12H16O2S. The average Bonchev–Trinajstić information content (AvgIpc) is 2.20. The lowest BCUT2D eigenvalue weighted by Crippen LogP contribution is -1.99. The molecule has 0 spiro atoms. The lowest BCUT2D eigenvalue weighted by atomic mass is 9.98. The van der Waals surface area contributed by atoms with Crippen LogP contribution in [0.5, 0.6) is 5.75 Å². The third-order valence-electron chi connectivity index (χ3n) is 2.43.